The van der Waals surface area contributed by atoms with Gasteiger partial charge in [0.15, 0.2) is 5.65 Å². The van der Waals surface area contributed by atoms with Crippen molar-refractivity contribution in [2.75, 3.05) is 0 Å². The Morgan fingerprint density at radius 2 is 2.00 bits per heavy atom. The molecule has 0 radical (unpaired) electrons. The summed E-state index contributed by atoms with van der Waals surface area (Å²) >= 11 is 0. The van der Waals surface area contributed by atoms with Crippen LogP contribution in [0, 0.1) is 11.8 Å². The van der Waals surface area contributed by atoms with E-state index in [0.717, 1.165) is 29.4 Å². The molecule has 2 aliphatic carbocycles. The maximum atomic E-state index is 4.77. The predicted octanol–water partition coefficient (Wildman–Crippen LogP) is 3.35. The standard InChI is InChI=1S/C15H19N3/c1-2-13-17-12-4-3-9-16-15(12)18(13)14(10-5-6-10)11-7-8-11/h3-4,9-11,14H,2,5-8H2,1H3. The van der Waals surface area contributed by atoms with Crippen LogP contribution in [0.25, 0.3) is 11.2 Å². The highest BCUT2D eigenvalue weighted by molar-refractivity contribution is 5.71. The SMILES string of the molecule is CCc1nc2cccnc2n1C(C1CC1)C1CC1. The van der Waals surface area contributed by atoms with Gasteiger partial charge in [0.05, 0.1) is 0 Å². The number of nitrogens with zero attached hydrogens (tertiary/aromatic N) is 3. The molecule has 0 aliphatic heterocycles. The first kappa shape index (κ1) is 10.5. The summed E-state index contributed by atoms with van der Waals surface area (Å²) in [6, 6.07) is 4.76. The van der Waals surface area contributed by atoms with E-state index in [4.69, 9.17) is 4.98 Å². The minimum Gasteiger partial charge on any atom is -0.309 e. The number of aromatic nitrogens is 3. The summed E-state index contributed by atoms with van der Waals surface area (Å²) < 4.78 is 2.48. The van der Waals surface area contributed by atoms with Crippen molar-refractivity contribution < 1.29 is 0 Å². The zero-order valence-electron chi connectivity index (χ0n) is 10.8. The monoisotopic (exact) mass is 241 g/mol. The predicted molar refractivity (Wildman–Crippen MR) is 71.4 cm³/mol. The number of hydrogen-bond donors (Lipinski definition) is 0. The molecule has 0 bridgehead atoms. The van der Waals surface area contributed by atoms with E-state index in [0.29, 0.717) is 6.04 Å². The van der Waals surface area contributed by atoms with Crippen molar-refractivity contribution in [2.45, 2.75) is 45.1 Å². The highest BCUT2D eigenvalue weighted by Gasteiger charge is 2.43. The molecule has 0 amide bonds. The molecule has 2 saturated carbocycles. The molecule has 0 saturated heterocycles. The molecule has 2 aliphatic rings. The third kappa shape index (κ3) is 1.57. The smallest absolute Gasteiger partial charge is 0.160 e. The van der Waals surface area contributed by atoms with Gasteiger partial charge in [-0.1, -0.05) is 6.92 Å². The van der Waals surface area contributed by atoms with Crippen LogP contribution in [0.3, 0.4) is 0 Å². The van der Waals surface area contributed by atoms with Crippen molar-refractivity contribution in [2.24, 2.45) is 11.8 Å². The van der Waals surface area contributed by atoms with Gasteiger partial charge in [0, 0.05) is 18.7 Å². The molecule has 0 N–H and O–H groups in total. The lowest BCUT2D eigenvalue weighted by molar-refractivity contribution is 0.391. The van der Waals surface area contributed by atoms with Gasteiger partial charge in [-0.2, -0.15) is 0 Å². The highest BCUT2D eigenvalue weighted by Crippen LogP contribution is 2.53. The van der Waals surface area contributed by atoms with E-state index in [1.165, 1.54) is 31.5 Å². The second-order valence-corrected chi connectivity index (χ2v) is 5.76. The van der Waals surface area contributed by atoms with Crippen LogP contribution in [0.2, 0.25) is 0 Å². The fraction of sp³-hybridized carbons (Fsp3) is 0.600. The second-order valence-electron chi connectivity index (χ2n) is 5.76. The van der Waals surface area contributed by atoms with E-state index in [1.807, 2.05) is 12.3 Å². The Hall–Kier alpha value is -1.38. The van der Waals surface area contributed by atoms with E-state index < -0.39 is 0 Å². The zero-order valence-corrected chi connectivity index (χ0v) is 10.8. The molecule has 18 heavy (non-hydrogen) atoms. The fourth-order valence-corrected chi connectivity index (χ4v) is 3.22. The summed E-state index contributed by atoms with van der Waals surface area (Å²) in [4.78, 5) is 9.36. The lowest BCUT2D eigenvalue weighted by Crippen LogP contribution is -2.16. The number of fused-ring (bicyclic) bond motifs is 1. The number of aryl methyl sites for hydroxylation is 1. The van der Waals surface area contributed by atoms with Gasteiger partial charge < -0.3 is 4.57 Å². The van der Waals surface area contributed by atoms with E-state index >= 15 is 0 Å². The first-order chi connectivity index (χ1) is 8.88. The van der Waals surface area contributed by atoms with Crippen molar-refractivity contribution in [3.63, 3.8) is 0 Å². The molecule has 0 atom stereocenters. The molecular weight excluding hydrogens is 222 g/mol. The Labute approximate surface area is 107 Å². The fourth-order valence-electron chi connectivity index (χ4n) is 3.22. The van der Waals surface area contributed by atoms with Gasteiger partial charge in [-0.15, -0.1) is 0 Å². The van der Waals surface area contributed by atoms with Gasteiger partial charge in [-0.25, -0.2) is 9.97 Å². The molecule has 3 nitrogen and oxygen atoms in total. The Bertz CT molecular complexity index is 566. The van der Waals surface area contributed by atoms with Crippen molar-refractivity contribution in [3.05, 3.63) is 24.2 Å². The maximum Gasteiger partial charge on any atom is 0.160 e. The molecule has 0 aromatic carbocycles. The van der Waals surface area contributed by atoms with Gasteiger partial charge in [0.25, 0.3) is 0 Å². The van der Waals surface area contributed by atoms with Crippen molar-refractivity contribution in [1.29, 1.82) is 0 Å². The molecule has 0 unspecified atom stereocenters. The van der Waals surface area contributed by atoms with E-state index in [1.54, 1.807) is 0 Å². The molecule has 94 valence electrons. The lowest BCUT2D eigenvalue weighted by Gasteiger charge is -2.20. The largest absolute Gasteiger partial charge is 0.309 e. The second kappa shape index (κ2) is 3.81. The summed E-state index contributed by atoms with van der Waals surface area (Å²) in [6.45, 7) is 2.20. The van der Waals surface area contributed by atoms with E-state index in [9.17, 15) is 0 Å². The number of imidazole rings is 1. The molecule has 2 heterocycles. The molecule has 3 heteroatoms. The van der Waals surface area contributed by atoms with Crippen LogP contribution >= 0.6 is 0 Å². The maximum absolute atomic E-state index is 4.77. The minimum absolute atomic E-state index is 0.680. The number of hydrogen-bond acceptors (Lipinski definition) is 2. The summed E-state index contributed by atoms with van der Waals surface area (Å²) in [7, 11) is 0. The number of pyridine rings is 1. The van der Waals surface area contributed by atoms with Crippen LogP contribution in [0.15, 0.2) is 18.3 Å². The summed E-state index contributed by atoms with van der Waals surface area (Å²) in [5, 5.41) is 0. The Morgan fingerprint density at radius 3 is 2.61 bits per heavy atom. The Morgan fingerprint density at radius 1 is 1.28 bits per heavy atom. The van der Waals surface area contributed by atoms with Crippen molar-refractivity contribution in [3.8, 4) is 0 Å². The van der Waals surface area contributed by atoms with Crippen LogP contribution in [0.5, 0.6) is 0 Å². The zero-order chi connectivity index (χ0) is 12.1. The van der Waals surface area contributed by atoms with Crippen LogP contribution in [0.4, 0.5) is 0 Å². The molecular formula is C15H19N3. The van der Waals surface area contributed by atoms with Crippen LogP contribution in [-0.2, 0) is 6.42 Å². The average molecular weight is 241 g/mol. The lowest BCUT2D eigenvalue weighted by atomic mass is 10.1. The van der Waals surface area contributed by atoms with Crippen molar-refractivity contribution >= 4 is 11.2 Å². The van der Waals surface area contributed by atoms with E-state index in [2.05, 4.69) is 22.5 Å². The first-order valence-corrected chi connectivity index (χ1v) is 7.20. The van der Waals surface area contributed by atoms with Gasteiger partial charge >= 0.3 is 0 Å². The van der Waals surface area contributed by atoms with Crippen LogP contribution in [0.1, 0.15) is 44.5 Å². The molecule has 2 aromatic rings. The summed E-state index contributed by atoms with van der Waals surface area (Å²) in [6.07, 6.45) is 8.50. The van der Waals surface area contributed by atoms with Gasteiger partial charge in [-0.05, 0) is 49.7 Å². The number of rotatable bonds is 4. The third-order valence-electron chi connectivity index (χ3n) is 4.35. The third-order valence-corrected chi connectivity index (χ3v) is 4.35. The van der Waals surface area contributed by atoms with Gasteiger partial charge in [0.2, 0.25) is 0 Å². The highest BCUT2D eigenvalue weighted by atomic mass is 15.2. The summed E-state index contributed by atoms with van der Waals surface area (Å²) in [5.74, 6) is 3.01. The summed E-state index contributed by atoms with van der Waals surface area (Å²) in [5.41, 5.74) is 2.18. The van der Waals surface area contributed by atoms with Gasteiger partial charge in [0.1, 0.15) is 11.3 Å². The van der Waals surface area contributed by atoms with Crippen LogP contribution < -0.4 is 0 Å². The molecule has 2 aromatic heterocycles. The van der Waals surface area contributed by atoms with Crippen LogP contribution in [-0.4, -0.2) is 14.5 Å². The first-order valence-electron chi connectivity index (χ1n) is 7.20. The van der Waals surface area contributed by atoms with Gasteiger partial charge in [-0.3, -0.25) is 0 Å². The molecule has 0 spiro atoms. The van der Waals surface area contributed by atoms with Crippen molar-refractivity contribution in [1.82, 2.24) is 14.5 Å². The Balaban J connectivity index is 1.90. The quantitative estimate of drug-likeness (QED) is 0.821. The molecule has 2 fully saturated rings. The molecule has 4 rings (SSSR count). The van der Waals surface area contributed by atoms with E-state index in [-0.39, 0.29) is 0 Å². The average Bonchev–Trinajstić information content (AvgIpc) is 3.28. The minimum atomic E-state index is 0.680. The topological polar surface area (TPSA) is 30.7 Å². The normalized spacial score (nSPS) is 19.9. The Kier molecular flexibility index (Phi) is 2.23.